The first-order chi connectivity index (χ1) is 8.63. The Balaban J connectivity index is 2.03. The molecule has 4 heteroatoms. The molecule has 3 nitrogen and oxygen atoms in total. The Hall–Kier alpha value is -1.71. The lowest BCUT2D eigenvalue weighted by atomic mass is 10.1. The Morgan fingerprint density at radius 1 is 1.22 bits per heavy atom. The number of hydrogen-bond donors (Lipinski definition) is 1. The van der Waals surface area contributed by atoms with E-state index in [1.54, 1.807) is 12.3 Å². The molecule has 0 bridgehead atoms. The Morgan fingerprint density at radius 2 is 2.06 bits per heavy atom. The van der Waals surface area contributed by atoms with Gasteiger partial charge in [0.2, 0.25) is 0 Å². The van der Waals surface area contributed by atoms with Gasteiger partial charge in [0.15, 0.2) is 0 Å². The number of aryl methyl sites for hydroxylation is 1. The van der Waals surface area contributed by atoms with Crippen molar-refractivity contribution in [1.82, 2.24) is 0 Å². The molecule has 0 aliphatic rings. The van der Waals surface area contributed by atoms with Gasteiger partial charge in [-0.3, -0.25) is 0 Å². The molecule has 1 aromatic carbocycles. The number of rotatable bonds is 2. The highest BCUT2D eigenvalue weighted by atomic mass is 35.5. The average molecular weight is 262 g/mol. The van der Waals surface area contributed by atoms with Crippen molar-refractivity contribution < 1.29 is 8.83 Å². The van der Waals surface area contributed by atoms with E-state index in [1.165, 1.54) is 0 Å². The maximum absolute atomic E-state index is 6.14. The molecule has 0 radical (unpaired) electrons. The van der Waals surface area contributed by atoms with Gasteiger partial charge >= 0.3 is 0 Å². The van der Waals surface area contributed by atoms with Crippen LogP contribution in [-0.4, -0.2) is 0 Å². The van der Waals surface area contributed by atoms with Crippen LogP contribution in [0.15, 0.2) is 45.4 Å². The Bertz CT molecular complexity index is 699. The van der Waals surface area contributed by atoms with Crippen LogP contribution >= 0.6 is 11.6 Å². The molecule has 0 amide bonds. The van der Waals surface area contributed by atoms with Gasteiger partial charge in [0.05, 0.1) is 12.3 Å². The number of hydrogen-bond acceptors (Lipinski definition) is 3. The predicted octanol–water partition coefficient (Wildman–Crippen LogP) is 4.04. The van der Waals surface area contributed by atoms with Crippen molar-refractivity contribution in [2.24, 2.45) is 5.73 Å². The summed E-state index contributed by atoms with van der Waals surface area (Å²) in [5.41, 5.74) is 7.83. The molecule has 0 saturated heterocycles. The van der Waals surface area contributed by atoms with Crippen LogP contribution in [0, 0.1) is 6.92 Å². The fourth-order valence-electron chi connectivity index (χ4n) is 1.98. The van der Waals surface area contributed by atoms with E-state index in [0.717, 1.165) is 22.3 Å². The fourth-order valence-corrected chi connectivity index (χ4v) is 2.16. The van der Waals surface area contributed by atoms with Gasteiger partial charge in [-0.05, 0) is 37.3 Å². The summed E-state index contributed by atoms with van der Waals surface area (Å²) < 4.78 is 11.0. The topological polar surface area (TPSA) is 52.3 Å². The molecule has 2 N–H and O–H groups in total. The van der Waals surface area contributed by atoms with Crippen LogP contribution in [-0.2, 0) is 0 Å². The molecule has 0 aliphatic heterocycles. The molecule has 0 fully saturated rings. The standard InChI is InChI=1S/C14H12ClNO2/c1-8-4-10(7-17-8)14(16)13-6-9-5-11(15)2-3-12(9)18-13/h2-7,14H,16H2,1H3. The second-order valence-corrected chi connectivity index (χ2v) is 4.74. The summed E-state index contributed by atoms with van der Waals surface area (Å²) in [6.07, 6.45) is 1.65. The molecular formula is C14H12ClNO2. The number of halogens is 1. The van der Waals surface area contributed by atoms with Gasteiger partial charge in [-0.2, -0.15) is 0 Å². The normalized spacial score (nSPS) is 13.1. The van der Waals surface area contributed by atoms with Gasteiger partial charge in [-0.1, -0.05) is 11.6 Å². The van der Waals surface area contributed by atoms with Crippen molar-refractivity contribution in [1.29, 1.82) is 0 Å². The lowest BCUT2D eigenvalue weighted by Gasteiger charge is -2.04. The molecule has 3 aromatic rings. The van der Waals surface area contributed by atoms with Crippen molar-refractivity contribution in [3.8, 4) is 0 Å². The smallest absolute Gasteiger partial charge is 0.134 e. The van der Waals surface area contributed by atoms with Crippen LogP contribution in [0.4, 0.5) is 0 Å². The predicted molar refractivity (Wildman–Crippen MR) is 70.7 cm³/mol. The molecule has 0 spiro atoms. The summed E-state index contributed by atoms with van der Waals surface area (Å²) >= 11 is 5.94. The molecule has 2 heterocycles. The van der Waals surface area contributed by atoms with E-state index in [1.807, 2.05) is 31.2 Å². The highest BCUT2D eigenvalue weighted by Crippen LogP contribution is 2.29. The van der Waals surface area contributed by atoms with Crippen LogP contribution < -0.4 is 5.73 Å². The molecule has 3 rings (SSSR count). The number of nitrogens with two attached hydrogens (primary N) is 1. The molecule has 18 heavy (non-hydrogen) atoms. The lowest BCUT2D eigenvalue weighted by molar-refractivity contribution is 0.511. The molecule has 2 aromatic heterocycles. The second-order valence-electron chi connectivity index (χ2n) is 4.30. The highest BCUT2D eigenvalue weighted by Gasteiger charge is 2.16. The quantitative estimate of drug-likeness (QED) is 0.757. The largest absolute Gasteiger partial charge is 0.469 e. The highest BCUT2D eigenvalue weighted by molar-refractivity contribution is 6.31. The zero-order valence-corrected chi connectivity index (χ0v) is 10.6. The Kier molecular flexibility index (Phi) is 2.65. The minimum absolute atomic E-state index is 0.325. The molecular weight excluding hydrogens is 250 g/mol. The monoisotopic (exact) mass is 261 g/mol. The number of fused-ring (bicyclic) bond motifs is 1. The fraction of sp³-hybridized carbons (Fsp3) is 0.143. The molecule has 1 atom stereocenters. The maximum atomic E-state index is 6.14. The Morgan fingerprint density at radius 3 is 2.78 bits per heavy atom. The van der Waals surface area contributed by atoms with Crippen LogP contribution in [0.2, 0.25) is 5.02 Å². The first-order valence-electron chi connectivity index (χ1n) is 5.63. The van der Waals surface area contributed by atoms with Crippen molar-refractivity contribution in [3.63, 3.8) is 0 Å². The summed E-state index contributed by atoms with van der Waals surface area (Å²) in [5, 5.41) is 1.63. The van der Waals surface area contributed by atoms with Gasteiger partial charge in [0.25, 0.3) is 0 Å². The average Bonchev–Trinajstić information content (AvgIpc) is 2.93. The van der Waals surface area contributed by atoms with Gasteiger partial charge in [-0.15, -0.1) is 0 Å². The van der Waals surface area contributed by atoms with Gasteiger partial charge < -0.3 is 14.6 Å². The van der Waals surface area contributed by atoms with Crippen LogP contribution in [0.25, 0.3) is 11.0 Å². The SMILES string of the molecule is Cc1cc(C(N)c2cc3cc(Cl)ccc3o2)co1. The van der Waals surface area contributed by atoms with E-state index in [9.17, 15) is 0 Å². The summed E-state index contributed by atoms with van der Waals surface area (Å²) in [4.78, 5) is 0. The summed E-state index contributed by atoms with van der Waals surface area (Å²) in [6, 6.07) is 8.99. The van der Waals surface area contributed by atoms with Crippen molar-refractivity contribution in [2.45, 2.75) is 13.0 Å². The zero-order valence-electron chi connectivity index (χ0n) is 9.81. The van der Waals surface area contributed by atoms with E-state index in [4.69, 9.17) is 26.2 Å². The van der Waals surface area contributed by atoms with E-state index in [0.29, 0.717) is 10.8 Å². The van der Waals surface area contributed by atoms with E-state index in [2.05, 4.69) is 0 Å². The second kappa shape index (κ2) is 4.19. The molecule has 92 valence electrons. The lowest BCUT2D eigenvalue weighted by Crippen LogP contribution is -2.09. The third-order valence-corrected chi connectivity index (χ3v) is 3.15. The minimum atomic E-state index is -0.325. The summed E-state index contributed by atoms with van der Waals surface area (Å²) in [6.45, 7) is 1.88. The van der Waals surface area contributed by atoms with E-state index >= 15 is 0 Å². The van der Waals surface area contributed by atoms with Crippen LogP contribution in [0.1, 0.15) is 23.1 Å². The number of furan rings is 2. The summed E-state index contributed by atoms with van der Waals surface area (Å²) in [5.74, 6) is 1.53. The van der Waals surface area contributed by atoms with E-state index < -0.39 is 0 Å². The van der Waals surface area contributed by atoms with Gasteiger partial charge in [0, 0.05) is 16.0 Å². The van der Waals surface area contributed by atoms with Crippen molar-refractivity contribution in [2.75, 3.05) is 0 Å². The van der Waals surface area contributed by atoms with Crippen LogP contribution in [0.3, 0.4) is 0 Å². The van der Waals surface area contributed by atoms with Crippen LogP contribution in [0.5, 0.6) is 0 Å². The third kappa shape index (κ3) is 1.92. The minimum Gasteiger partial charge on any atom is -0.469 e. The summed E-state index contributed by atoms with van der Waals surface area (Å²) in [7, 11) is 0. The van der Waals surface area contributed by atoms with Crippen molar-refractivity contribution >= 4 is 22.6 Å². The maximum Gasteiger partial charge on any atom is 0.134 e. The number of benzene rings is 1. The van der Waals surface area contributed by atoms with Gasteiger partial charge in [-0.25, -0.2) is 0 Å². The zero-order chi connectivity index (χ0) is 12.7. The van der Waals surface area contributed by atoms with Gasteiger partial charge in [0.1, 0.15) is 17.1 Å². The molecule has 0 aliphatic carbocycles. The first kappa shape index (κ1) is 11.4. The first-order valence-corrected chi connectivity index (χ1v) is 6.01. The van der Waals surface area contributed by atoms with E-state index in [-0.39, 0.29) is 6.04 Å². The Labute approximate surface area is 109 Å². The molecule has 1 unspecified atom stereocenters. The van der Waals surface area contributed by atoms with Crippen molar-refractivity contribution in [3.05, 3.63) is 58.7 Å². The molecule has 0 saturated carbocycles. The third-order valence-electron chi connectivity index (χ3n) is 2.91.